The van der Waals surface area contributed by atoms with Gasteiger partial charge in [0, 0.05) is 44.1 Å². The molecule has 1 amide bonds. The van der Waals surface area contributed by atoms with Gasteiger partial charge in [-0.15, -0.1) is 0 Å². The Balaban J connectivity index is 1.36. The van der Waals surface area contributed by atoms with Crippen LogP contribution in [0, 0.1) is 6.92 Å². The number of aryl methyl sites for hydroxylation is 1. The highest BCUT2D eigenvalue weighted by molar-refractivity contribution is 5.79. The SMILES string of the molecule is Cc1ccc(CC(=O)N2CC[C@@H](Oc3cccnc3N3CCCC3)C2)cn1. The van der Waals surface area contributed by atoms with Gasteiger partial charge < -0.3 is 14.5 Å². The number of carbonyl (C=O) groups excluding carboxylic acids is 1. The van der Waals surface area contributed by atoms with Gasteiger partial charge in [-0.1, -0.05) is 6.07 Å². The van der Waals surface area contributed by atoms with E-state index in [0.29, 0.717) is 13.0 Å². The third-order valence-corrected chi connectivity index (χ3v) is 5.28. The minimum absolute atomic E-state index is 0.0237. The highest BCUT2D eigenvalue weighted by Gasteiger charge is 2.29. The number of carbonyl (C=O) groups is 1. The van der Waals surface area contributed by atoms with Crippen molar-refractivity contribution in [2.45, 2.75) is 38.7 Å². The summed E-state index contributed by atoms with van der Waals surface area (Å²) in [6.45, 7) is 5.39. The summed E-state index contributed by atoms with van der Waals surface area (Å²) >= 11 is 0. The second kappa shape index (κ2) is 7.94. The Morgan fingerprint density at radius 2 is 2.04 bits per heavy atom. The number of rotatable bonds is 5. The van der Waals surface area contributed by atoms with E-state index in [4.69, 9.17) is 4.74 Å². The molecule has 0 N–H and O–H groups in total. The van der Waals surface area contributed by atoms with Gasteiger partial charge in [0.1, 0.15) is 6.10 Å². The van der Waals surface area contributed by atoms with Crippen LogP contribution < -0.4 is 9.64 Å². The van der Waals surface area contributed by atoms with Crippen molar-refractivity contribution < 1.29 is 9.53 Å². The van der Waals surface area contributed by atoms with Gasteiger partial charge in [-0.3, -0.25) is 9.78 Å². The van der Waals surface area contributed by atoms with Gasteiger partial charge in [-0.2, -0.15) is 0 Å². The van der Waals surface area contributed by atoms with Crippen LogP contribution in [0.25, 0.3) is 0 Å². The van der Waals surface area contributed by atoms with E-state index in [1.54, 1.807) is 6.20 Å². The summed E-state index contributed by atoms with van der Waals surface area (Å²) in [5.74, 6) is 1.91. The number of anilines is 1. The van der Waals surface area contributed by atoms with Gasteiger partial charge in [0.15, 0.2) is 11.6 Å². The number of likely N-dealkylation sites (tertiary alicyclic amines) is 1. The predicted octanol–water partition coefficient (Wildman–Crippen LogP) is 2.61. The van der Waals surface area contributed by atoms with E-state index in [0.717, 1.165) is 48.9 Å². The quantitative estimate of drug-likeness (QED) is 0.814. The first kappa shape index (κ1) is 17.8. The summed E-state index contributed by atoms with van der Waals surface area (Å²) in [6.07, 6.45) is 7.29. The maximum atomic E-state index is 12.6. The van der Waals surface area contributed by atoms with Gasteiger partial charge in [0.25, 0.3) is 0 Å². The van der Waals surface area contributed by atoms with Gasteiger partial charge in [0.05, 0.1) is 13.0 Å². The lowest BCUT2D eigenvalue weighted by Crippen LogP contribution is -2.32. The standard InChI is InChI=1S/C21H26N4O2/c1-16-6-7-17(14-23-16)13-20(26)25-12-8-18(15-25)27-19-5-4-9-22-21(19)24-10-2-3-11-24/h4-7,9,14,18H,2-3,8,10-13,15H2,1H3/t18-/m1/s1. The molecular weight excluding hydrogens is 340 g/mol. The molecule has 1 atom stereocenters. The molecule has 0 bridgehead atoms. The zero-order chi connectivity index (χ0) is 18.6. The third kappa shape index (κ3) is 4.21. The van der Waals surface area contributed by atoms with Crippen LogP contribution in [0.5, 0.6) is 5.75 Å². The molecule has 2 aliphatic rings. The number of hydrogen-bond donors (Lipinski definition) is 0. The van der Waals surface area contributed by atoms with Gasteiger partial charge in [-0.25, -0.2) is 4.98 Å². The Kier molecular flexibility index (Phi) is 5.23. The molecular formula is C21H26N4O2. The van der Waals surface area contributed by atoms with Gasteiger partial charge >= 0.3 is 0 Å². The van der Waals surface area contributed by atoms with Crippen molar-refractivity contribution in [3.63, 3.8) is 0 Å². The van der Waals surface area contributed by atoms with Crippen molar-refractivity contribution in [1.82, 2.24) is 14.9 Å². The summed E-state index contributed by atoms with van der Waals surface area (Å²) in [7, 11) is 0. The first-order valence-electron chi connectivity index (χ1n) is 9.75. The molecule has 0 radical (unpaired) electrons. The topological polar surface area (TPSA) is 58.6 Å². The molecule has 27 heavy (non-hydrogen) atoms. The van der Waals surface area contributed by atoms with E-state index in [1.165, 1.54) is 12.8 Å². The molecule has 2 saturated heterocycles. The molecule has 0 aromatic carbocycles. The van der Waals surface area contributed by atoms with Crippen molar-refractivity contribution in [1.29, 1.82) is 0 Å². The molecule has 2 fully saturated rings. The molecule has 0 aliphatic carbocycles. The molecule has 142 valence electrons. The minimum atomic E-state index is 0.0237. The van der Waals surface area contributed by atoms with E-state index in [-0.39, 0.29) is 12.0 Å². The number of amides is 1. The summed E-state index contributed by atoms with van der Waals surface area (Å²) < 4.78 is 6.25. The Bertz CT molecular complexity index is 787. The monoisotopic (exact) mass is 366 g/mol. The lowest BCUT2D eigenvalue weighted by Gasteiger charge is -2.22. The van der Waals surface area contributed by atoms with Crippen molar-refractivity contribution in [2.75, 3.05) is 31.1 Å². The largest absolute Gasteiger partial charge is 0.485 e. The molecule has 0 unspecified atom stereocenters. The Labute approximate surface area is 160 Å². The van der Waals surface area contributed by atoms with Crippen LogP contribution >= 0.6 is 0 Å². The molecule has 6 heteroatoms. The fourth-order valence-corrected chi connectivity index (χ4v) is 3.76. The summed E-state index contributed by atoms with van der Waals surface area (Å²) in [4.78, 5) is 25.6. The fraction of sp³-hybridized carbons (Fsp3) is 0.476. The molecule has 2 aliphatic heterocycles. The van der Waals surface area contributed by atoms with Crippen molar-refractivity contribution in [3.8, 4) is 5.75 Å². The molecule has 2 aromatic heterocycles. The molecule has 0 saturated carbocycles. The smallest absolute Gasteiger partial charge is 0.227 e. The summed E-state index contributed by atoms with van der Waals surface area (Å²) in [6, 6.07) is 7.82. The fourth-order valence-electron chi connectivity index (χ4n) is 3.76. The van der Waals surface area contributed by atoms with Crippen molar-refractivity contribution >= 4 is 11.7 Å². The maximum Gasteiger partial charge on any atom is 0.227 e. The van der Waals surface area contributed by atoms with E-state index in [9.17, 15) is 4.79 Å². The van der Waals surface area contributed by atoms with Crippen molar-refractivity contribution in [2.24, 2.45) is 0 Å². The number of pyridine rings is 2. The third-order valence-electron chi connectivity index (χ3n) is 5.28. The molecule has 2 aromatic rings. The van der Waals surface area contributed by atoms with Crippen LogP contribution in [0.2, 0.25) is 0 Å². The number of nitrogens with zero attached hydrogens (tertiary/aromatic N) is 4. The summed E-state index contributed by atoms with van der Waals surface area (Å²) in [5, 5.41) is 0. The van der Waals surface area contributed by atoms with Crippen LogP contribution in [-0.2, 0) is 11.2 Å². The first-order chi connectivity index (χ1) is 13.2. The predicted molar refractivity (Wildman–Crippen MR) is 104 cm³/mol. The van der Waals surface area contributed by atoms with E-state index < -0.39 is 0 Å². The van der Waals surface area contributed by atoms with Crippen LogP contribution in [-0.4, -0.2) is 53.1 Å². The van der Waals surface area contributed by atoms with E-state index in [1.807, 2.05) is 42.3 Å². The second-order valence-electron chi connectivity index (χ2n) is 7.37. The lowest BCUT2D eigenvalue weighted by molar-refractivity contribution is -0.129. The maximum absolute atomic E-state index is 12.6. The molecule has 4 heterocycles. The number of ether oxygens (including phenoxy) is 1. The lowest BCUT2D eigenvalue weighted by atomic mass is 10.2. The average molecular weight is 366 g/mol. The zero-order valence-corrected chi connectivity index (χ0v) is 15.8. The normalized spacial score (nSPS) is 19.5. The second-order valence-corrected chi connectivity index (χ2v) is 7.37. The van der Waals surface area contributed by atoms with E-state index in [2.05, 4.69) is 14.9 Å². The van der Waals surface area contributed by atoms with Crippen LogP contribution in [0.4, 0.5) is 5.82 Å². The van der Waals surface area contributed by atoms with Gasteiger partial charge in [-0.05, 0) is 43.5 Å². The summed E-state index contributed by atoms with van der Waals surface area (Å²) in [5.41, 5.74) is 1.92. The van der Waals surface area contributed by atoms with E-state index >= 15 is 0 Å². The van der Waals surface area contributed by atoms with Crippen LogP contribution in [0.3, 0.4) is 0 Å². The number of aromatic nitrogens is 2. The number of hydrogen-bond acceptors (Lipinski definition) is 5. The zero-order valence-electron chi connectivity index (χ0n) is 15.8. The molecule has 0 spiro atoms. The van der Waals surface area contributed by atoms with Crippen LogP contribution in [0.15, 0.2) is 36.7 Å². The minimum Gasteiger partial charge on any atom is -0.485 e. The van der Waals surface area contributed by atoms with Gasteiger partial charge in [0.2, 0.25) is 5.91 Å². The molecule has 4 rings (SSSR count). The Hall–Kier alpha value is -2.63. The Morgan fingerprint density at radius 1 is 1.19 bits per heavy atom. The highest BCUT2D eigenvalue weighted by Crippen LogP contribution is 2.30. The van der Waals surface area contributed by atoms with Crippen LogP contribution in [0.1, 0.15) is 30.5 Å². The van der Waals surface area contributed by atoms with Crippen molar-refractivity contribution in [3.05, 3.63) is 47.9 Å². The first-order valence-corrected chi connectivity index (χ1v) is 9.75. The molecule has 6 nitrogen and oxygen atoms in total. The highest BCUT2D eigenvalue weighted by atomic mass is 16.5. The Morgan fingerprint density at radius 3 is 2.81 bits per heavy atom. The average Bonchev–Trinajstić information content (AvgIpc) is 3.36.